The first-order valence-corrected chi connectivity index (χ1v) is 7.48. The molecule has 3 nitrogen and oxygen atoms in total. The summed E-state index contributed by atoms with van der Waals surface area (Å²) in [6.07, 6.45) is 2.59. The zero-order valence-corrected chi connectivity index (χ0v) is 13.1. The number of nitrogens with zero attached hydrogens (tertiary/aromatic N) is 1. The van der Waals surface area contributed by atoms with Crippen LogP contribution in [0.5, 0.6) is 0 Å². The van der Waals surface area contributed by atoms with E-state index < -0.39 is 0 Å². The van der Waals surface area contributed by atoms with E-state index in [1.54, 1.807) is 7.11 Å². The van der Waals surface area contributed by atoms with Gasteiger partial charge in [-0.3, -0.25) is 4.79 Å². The molecule has 0 aliphatic heterocycles. The maximum absolute atomic E-state index is 11.5. The van der Waals surface area contributed by atoms with Crippen LogP contribution in [0.25, 0.3) is 0 Å². The normalized spacial score (nSPS) is 16.0. The minimum atomic E-state index is 0.000216. The Kier molecular flexibility index (Phi) is 5.06. The van der Waals surface area contributed by atoms with Crippen LogP contribution in [-0.2, 0) is 4.74 Å². The van der Waals surface area contributed by atoms with E-state index in [1.807, 2.05) is 18.2 Å². The van der Waals surface area contributed by atoms with Crippen LogP contribution in [0.3, 0.4) is 0 Å². The fraction of sp³-hybridized carbons (Fsp3) is 0.562. The van der Waals surface area contributed by atoms with Crippen molar-refractivity contribution < 1.29 is 9.53 Å². The molecule has 0 aromatic heterocycles. The second-order valence-corrected chi connectivity index (χ2v) is 5.89. The number of hydrogen-bond donors (Lipinski definition) is 0. The van der Waals surface area contributed by atoms with Gasteiger partial charge in [0, 0.05) is 30.9 Å². The molecule has 0 radical (unpaired) electrons. The molecule has 2 rings (SSSR count). The molecule has 20 heavy (non-hydrogen) atoms. The monoisotopic (exact) mass is 295 g/mol. The number of anilines is 1. The molecule has 0 bridgehead atoms. The third-order valence-corrected chi connectivity index (χ3v) is 4.31. The van der Waals surface area contributed by atoms with Crippen molar-refractivity contribution in [2.45, 2.75) is 32.7 Å². The maximum atomic E-state index is 11.5. The number of carbonyl (C=O) groups excluding carboxylic acids is 1. The van der Waals surface area contributed by atoms with Gasteiger partial charge in [0.15, 0.2) is 5.78 Å². The van der Waals surface area contributed by atoms with Crippen molar-refractivity contribution in [2.75, 3.05) is 25.2 Å². The summed E-state index contributed by atoms with van der Waals surface area (Å²) in [5.74, 6) is 0.762. The first kappa shape index (κ1) is 15.3. The van der Waals surface area contributed by atoms with Crippen molar-refractivity contribution >= 4 is 23.1 Å². The smallest absolute Gasteiger partial charge is 0.161 e. The van der Waals surface area contributed by atoms with Gasteiger partial charge < -0.3 is 9.64 Å². The minimum Gasteiger partial charge on any atom is -0.383 e. The largest absolute Gasteiger partial charge is 0.383 e. The highest BCUT2D eigenvalue weighted by Gasteiger charge is 2.32. The molecule has 110 valence electrons. The summed E-state index contributed by atoms with van der Waals surface area (Å²) in [4.78, 5) is 13.8. The Morgan fingerprint density at radius 3 is 2.70 bits per heavy atom. The average Bonchev–Trinajstić information content (AvgIpc) is 3.22. The lowest BCUT2D eigenvalue weighted by Crippen LogP contribution is -2.37. The number of rotatable bonds is 7. The molecule has 0 amide bonds. The lowest BCUT2D eigenvalue weighted by molar-refractivity contribution is 0.101. The number of hydrogen-bond acceptors (Lipinski definition) is 3. The standard InChI is InChI=1S/C16H22ClNO2/c1-11(13-4-5-13)18(8-9-20-3)14-6-7-15(12(2)19)16(17)10-14/h6-7,10-11,13H,4-5,8-9H2,1-3H3. The number of halogens is 1. The van der Waals surface area contributed by atoms with Gasteiger partial charge in [-0.15, -0.1) is 0 Å². The van der Waals surface area contributed by atoms with E-state index in [0.717, 1.165) is 18.2 Å². The zero-order chi connectivity index (χ0) is 14.7. The van der Waals surface area contributed by atoms with Gasteiger partial charge in [-0.2, -0.15) is 0 Å². The van der Waals surface area contributed by atoms with Crippen molar-refractivity contribution in [2.24, 2.45) is 5.92 Å². The van der Waals surface area contributed by atoms with E-state index in [0.29, 0.717) is 23.2 Å². The van der Waals surface area contributed by atoms with Crippen LogP contribution in [0, 0.1) is 5.92 Å². The molecule has 1 aliphatic rings. The zero-order valence-electron chi connectivity index (χ0n) is 12.4. The highest BCUT2D eigenvalue weighted by molar-refractivity contribution is 6.34. The predicted octanol–water partition coefficient (Wildman–Crippen LogP) is 3.79. The van der Waals surface area contributed by atoms with Gasteiger partial charge in [-0.1, -0.05) is 11.6 Å². The van der Waals surface area contributed by atoms with Gasteiger partial charge in [0.25, 0.3) is 0 Å². The molecule has 4 heteroatoms. The van der Waals surface area contributed by atoms with Gasteiger partial charge in [0.2, 0.25) is 0 Å². The Balaban J connectivity index is 2.23. The number of methoxy groups -OCH3 is 1. The van der Waals surface area contributed by atoms with Crippen molar-refractivity contribution in [3.05, 3.63) is 28.8 Å². The van der Waals surface area contributed by atoms with E-state index in [-0.39, 0.29) is 5.78 Å². The molecule has 1 unspecified atom stereocenters. The van der Waals surface area contributed by atoms with Crippen molar-refractivity contribution in [1.29, 1.82) is 0 Å². The summed E-state index contributed by atoms with van der Waals surface area (Å²) in [6, 6.07) is 6.17. The first-order chi connectivity index (χ1) is 9.54. The lowest BCUT2D eigenvalue weighted by atomic mass is 10.1. The van der Waals surface area contributed by atoms with Crippen LogP contribution in [-0.4, -0.2) is 32.1 Å². The van der Waals surface area contributed by atoms with Crippen molar-refractivity contribution in [3.63, 3.8) is 0 Å². The molecule has 1 atom stereocenters. The molecule has 0 heterocycles. The van der Waals surface area contributed by atoms with E-state index >= 15 is 0 Å². The Morgan fingerprint density at radius 1 is 1.50 bits per heavy atom. The minimum absolute atomic E-state index is 0.000216. The molecule has 0 saturated heterocycles. The number of carbonyl (C=O) groups is 1. The summed E-state index contributed by atoms with van der Waals surface area (Å²) in [5, 5.41) is 0.528. The van der Waals surface area contributed by atoms with Crippen LogP contribution >= 0.6 is 11.6 Å². The quantitative estimate of drug-likeness (QED) is 0.717. The highest BCUT2D eigenvalue weighted by atomic mass is 35.5. The second-order valence-electron chi connectivity index (χ2n) is 5.48. The SMILES string of the molecule is COCCN(c1ccc(C(C)=O)c(Cl)c1)C(C)C1CC1. The van der Waals surface area contributed by atoms with E-state index in [9.17, 15) is 4.79 Å². The van der Waals surface area contributed by atoms with Crippen LogP contribution in [0.2, 0.25) is 5.02 Å². The summed E-state index contributed by atoms with van der Waals surface area (Å²) < 4.78 is 5.21. The predicted molar refractivity (Wildman–Crippen MR) is 82.9 cm³/mol. The Labute approximate surface area is 125 Å². The first-order valence-electron chi connectivity index (χ1n) is 7.10. The molecule has 1 aromatic rings. The van der Waals surface area contributed by atoms with Gasteiger partial charge in [0.05, 0.1) is 11.6 Å². The Bertz CT molecular complexity index is 485. The molecule has 0 N–H and O–H groups in total. The Morgan fingerprint density at radius 2 is 2.20 bits per heavy atom. The second kappa shape index (κ2) is 6.59. The van der Waals surface area contributed by atoms with E-state index in [2.05, 4.69) is 11.8 Å². The van der Waals surface area contributed by atoms with Crippen LogP contribution in [0.1, 0.15) is 37.0 Å². The van der Waals surface area contributed by atoms with Crippen molar-refractivity contribution in [3.8, 4) is 0 Å². The van der Waals surface area contributed by atoms with E-state index in [1.165, 1.54) is 19.8 Å². The van der Waals surface area contributed by atoms with Gasteiger partial charge in [-0.05, 0) is 50.8 Å². The third kappa shape index (κ3) is 3.53. The molecule has 0 spiro atoms. The number of ether oxygens (including phenoxy) is 1. The summed E-state index contributed by atoms with van der Waals surface area (Å²) in [5.41, 5.74) is 1.65. The molecule has 1 fully saturated rings. The van der Waals surface area contributed by atoms with Gasteiger partial charge in [-0.25, -0.2) is 0 Å². The van der Waals surface area contributed by atoms with Crippen LogP contribution in [0.15, 0.2) is 18.2 Å². The number of ketones is 1. The third-order valence-electron chi connectivity index (χ3n) is 4.00. The Hall–Kier alpha value is -1.06. The van der Waals surface area contributed by atoms with Crippen LogP contribution in [0.4, 0.5) is 5.69 Å². The number of benzene rings is 1. The molecule has 1 saturated carbocycles. The molecule has 1 aromatic carbocycles. The summed E-state index contributed by atoms with van der Waals surface area (Å²) in [6.45, 7) is 5.31. The fourth-order valence-electron chi connectivity index (χ4n) is 2.56. The van der Waals surface area contributed by atoms with Crippen LogP contribution < -0.4 is 4.90 Å². The highest BCUT2D eigenvalue weighted by Crippen LogP contribution is 2.37. The topological polar surface area (TPSA) is 29.5 Å². The number of Topliss-reactive ketones (excluding diaryl/α,β-unsaturated/α-hetero) is 1. The molecular formula is C16H22ClNO2. The average molecular weight is 296 g/mol. The lowest BCUT2D eigenvalue weighted by Gasteiger charge is -2.31. The van der Waals surface area contributed by atoms with E-state index in [4.69, 9.17) is 16.3 Å². The van der Waals surface area contributed by atoms with Gasteiger partial charge >= 0.3 is 0 Å². The fourth-order valence-corrected chi connectivity index (χ4v) is 2.87. The van der Waals surface area contributed by atoms with Gasteiger partial charge in [0.1, 0.15) is 0 Å². The molecule has 1 aliphatic carbocycles. The van der Waals surface area contributed by atoms with Crippen molar-refractivity contribution in [1.82, 2.24) is 0 Å². The maximum Gasteiger partial charge on any atom is 0.161 e. The summed E-state index contributed by atoms with van der Waals surface area (Å²) in [7, 11) is 1.71. The molecular weight excluding hydrogens is 274 g/mol. The summed E-state index contributed by atoms with van der Waals surface area (Å²) >= 11 is 6.22.